The SMILES string of the molecule is Cc1cccc2c1C(O)=CCC2O. The standard InChI is InChI=1S/C11H12O2/c1-7-3-2-4-8-9(12)5-6-10(13)11(7)8/h2-4,6,9,12-13H,5H2,1H3. The summed E-state index contributed by atoms with van der Waals surface area (Å²) in [6.07, 6.45) is 1.70. The highest BCUT2D eigenvalue weighted by Crippen LogP contribution is 2.33. The Morgan fingerprint density at radius 2 is 2.15 bits per heavy atom. The third-order valence-electron chi connectivity index (χ3n) is 2.45. The van der Waals surface area contributed by atoms with Gasteiger partial charge in [0.25, 0.3) is 0 Å². The minimum Gasteiger partial charge on any atom is -0.508 e. The van der Waals surface area contributed by atoms with Crippen molar-refractivity contribution >= 4 is 5.76 Å². The molecule has 1 aliphatic carbocycles. The lowest BCUT2D eigenvalue weighted by Gasteiger charge is -2.20. The summed E-state index contributed by atoms with van der Waals surface area (Å²) < 4.78 is 0. The van der Waals surface area contributed by atoms with E-state index in [0.717, 1.165) is 16.7 Å². The summed E-state index contributed by atoms with van der Waals surface area (Å²) in [7, 11) is 0. The van der Waals surface area contributed by atoms with Gasteiger partial charge in [0.05, 0.1) is 6.10 Å². The monoisotopic (exact) mass is 176 g/mol. The summed E-state index contributed by atoms with van der Waals surface area (Å²) in [5.41, 5.74) is 2.63. The second-order valence-corrected chi connectivity index (χ2v) is 3.38. The molecule has 2 rings (SSSR count). The third kappa shape index (κ3) is 1.23. The molecule has 1 atom stereocenters. The Morgan fingerprint density at radius 3 is 2.85 bits per heavy atom. The van der Waals surface area contributed by atoms with Crippen LogP contribution >= 0.6 is 0 Å². The zero-order valence-corrected chi connectivity index (χ0v) is 7.49. The molecule has 0 aromatic heterocycles. The minimum atomic E-state index is -0.467. The molecule has 13 heavy (non-hydrogen) atoms. The fraction of sp³-hybridized carbons (Fsp3) is 0.273. The molecule has 0 bridgehead atoms. The summed E-state index contributed by atoms with van der Waals surface area (Å²) >= 11 is 0. The summed E-state index contributed by atoms with van der Waals surface area (Å²) in [6.45, 7) is 1.93. The van der Waals surface area contributed by atoms with Crippen LogP contribution in [0.5, 0.6) is 0 Å². The van der Waals surface area contributed by atoms with Crippen molar-refractivity contribution in [3.63, 3.8) is 0 Å². The lowest BCUT2D eigenvalue weighted by Crippen LogP contribution is -2.07. The molecule has 0 spiro atoms. The van der Waals surface area contributed by atoms with Crippen LogP contribution in [-0.4, -0.2) is 10.2 Å². The quantitative estimate of drug-likeness (QED) is 0.637. The van der Waals surface area contributed by atoms with Crippen LogP contribution in [0, 0.1) is 6.92 Å². The van der Waals surface area contributed by atoms with Crippen LogP contribution in [0.1, 0.15) is 29.2 Å². The van der Waals surface area contributed by atoms with Gasteiger partial charge >= 0.3 is 0 Å². The number of rotatable bonds is 0. The highest BCUT2D eigenvalue weighted by Gasteiger charge is 2.20. The van der Waals surface area contributed by atoms with E-state index >= 15 is 0 Å². The van der Waals surface area contributed by atoms with E-state index in [9.17, 15) is 10.2 Å². The molecule has 68 valence electrons. The van der Waals surface area contributed by atoms with Gasteiger partial charge in [-0.2, -0.15) is 0 Å². The summed E-state index contributed by atoms with van der Waals surface area (Å²) in [4.78, 5) is 0. The molecule has 2 nitrogen and oxygen atoms in total. The van der Waals surface area contributed by atoms with Gasteiger partial charge in [-0.15, -0.1) is 0 Å². The number of hydrogen-bond acceptors (Lipinski definition) is 2. The van der Waals surface area contributed by atoms with E-state index in [1.165, 1.54) is 0 Å². The van der Waals surface area contributed by atoms with E-state index in [1.54, 1.807) is 6.08 Å². The van der Waals surface area contributed by atoms with E-state index in [4.69, 9.17) is 0 Å². The van der Waals surface area contributed by atoms with E-state index in [0.29, 0.717) is 12.2 Å². The molecule has 1 aromatic rings. The summed E-state index contributed by atoms with van der Waals surface area (Å²) in [5.74, 6) is 0.290. The fourth-order valence-electron chi connectivity index (χ4n) is 1.77. The van der Waals surface area contributed by atoms with Crippen molar-refractivity contribution in [3.05, 3.63) is 41.0 Å². The number of aryl methyl sites for hydroxylation is 1. The maximum absolute atomic E-state index is 9.65. The third-order valence-corrected chi connectivity index (χ3v) is 2.45. The van der Waals surface area contributed by atoms with Gasteiger partial charge in [0.2, 0.25) is 0 Å². The molecule has 0 aliphatic heterocycles. The lowest BCUT2D eigenvalue weighted by atomic mass is 9.90. The van der Waals surface area contributed by atoms with Gasteiger partial charge in [-0.05, 0) is 30.5 Å². The largest absolute Gasteiger partial charge is 0.508 e. The van der Waals surface area contributed by atoms with Crippen molar-refractivity contribution in [2.24, 2.45) is 0 Å². The first-order chi connectivity index (χ1) is 6.20. The second-order valence-electron chi connectivity index (χ2n) is 3.38. The molecule has 1 aromatic carbocycles. The maximum atomic E-state index is 9.65. The van der Waals surface area contributed by atoms with Crippen molar-refractivity contribution in [1.82, 2.24) is 0 Å². The predicted octanol–water partition coefficient (Wildman–Crippen LogP) is 2.33. The molecule has 0 saturated carbocycles. The van der Waals surface area contributed by atoms with Crippen LogP contribution in [0.2, 0.25) is 0 Å². The summed E-state index contributed by atoms with van der Waals surface area (Å²) in [6, 6.07) is 5.69. The van der Waals surface area contributed by atoms with Gasteiger partial charge in [0, 0.05) is 5.56 Å². The van der Waals surface area contributed by atoms with Crippen molar-refractivity contribution in [3.8, 4) is 0 Å². The Bertz CT molecular complexity index is 366. The molecule has 2 N–H and O–H groups in total. The Morgan fingerprint density at radius 1 is 1.38 bits per heavy atom. The van der Waals surface area contributed by atoms with Gasteiger partial charge in [-0.3, -0.25) is 0 Å². The molecule has 0 fully saturated rings. The normalized spacial score (nSPS) is 20.8. The van der Waals surface area contributed by atoms with Crippen molar-refractivity contribution in [1.29, 1.82) is 0 Å². The van der Waals surface area contributed by atoms with Crippen LogP contribution in [-0.2, 0) is 0 Å². The van der Waals surface area contributed by atoms with Crippen LogP contribution in [0.25, 0.3) is 5.76 Å². The lowest BCUT2D eigenvalue weighted by molar-refractivity contribution is 0.178. The van der Waals surface area contributed by atoms with Crippen LogP contribution < -0.4 is 0 Å². The van der Waals surface area contributed by atoms with Gasteiger partial charge in [-0.1, -0.05) is 18.2 Å². The van der Waals surface area contributed by atoms with Gasteiger partial charge in [-0.25, -0.2) is 0 Å². The first kappa shape index (κ1) is 8.32. The fourth-order valence-corrected chi connectivity index (χ4v) is 1.77. The predicted molar refractivity (Wildman–Crippen MR) is 51.4 cm³/mol. The topological polar surface area (TPSA) is 40.5 Å². The van der Waals surface area contributed by atoms with Crippen LogP contribution in [0.15, 0.2) is 24.3 Å². The summed E-state index contributed by atoms with van der Waals surface area (Å²) in [5, 5.41) is 19.3. The molecule has 0 amide bonds. The van der Waals surface area contributed by atoms with Crippen molar-refractivity contribution < 1.29 is 10.2 Å². The zero-order chi connectivity index (χ0) is 9.42. The number of hydrogen-bond donors (Lipinski definition) is 2. The Kier molecular flexibility index (Phi) is 1.85. The number of fused-ring (bicyclic) bond motifs is 1. The van der Waals surface area contributed by atoms with E-state index in [-0.39, 0.29) is 0 Å². The van der Waals surface area contributed by atoms with E-state index in [2.05, 4.69) is 0 Å². The first-order valence-electron chi connectivity index (χ1n) is 4.37. The smallest absolute Gasteiger partial charge is 0.119 e. The highest BCUT2D eigenvalue weighted by molar-refractivity contribution is 5.67. The Hall–Kier alpha value is -1.28. The molecule has 2 heteroatoms. The van der Waals surface area contributed by atoms with Gasteiger partial charge in [0.15, 0.2) is 0 Å². The molecule has 0 radical (unpaired) electrons. The van der Waals surface area contributed by atoms with Crippen LogP contribution in [0.3, 0.4) is 0 Å². The van der Waals surface area contributed by atoms with Crippen molar-refractivity contribution in [2.75, 3.05) is 0 Å². The average Bonchev–Trinajstić information content (AvgIpc) is 2.12. The van der Waals surface area contributed by atoms with Crippen LogP contribution in [0.4, 0.5) is 0 Å². The van der Waals surface area contributed by atoms with Gasteiger partial charge < -0.3 is 10.2 Å². The number of aliphatic hydroxyl groups excluding tert-OH is 2. The maximum Gasteiger partial charge on any atom is 0.119 e. The molecular formula is C11H12O2. The number of aliphatic hydroxyl groups is 2. The highest BCUT2D eigenvalue weighted by atomic mass is 16.3. The molecular weight excluding hydrogens is 164 g/mol. The number of benzene rings is 1. The minimum absolute atomic E-state index is 0.290. The molecule has 0 saturated heterocycles. The van der Waals surface area contributed by atoms with E-state index < -0.39 is 6.10 Å². The second kappa shape index (κ2) is 2.89. The van der Waals surface area contributed by atoms with Gasteiger partial charge in [0.1, 0.15) is 5.76 Å². The average molecular weight is 176 g/mol. The van der Waals surface area contributed by atoms with E-state index in [1.807, 2.05) is 25.1 Å². The molecule has 1 unspecified atom stereocenters. The zero-order valence-electron chi connectivity index (χ0n) is 7.49. The van der Waals surface area contributed by atoms with Crippen molar-refractivity contribution in [2.45, 2.75) is 19.4 Å². The Balaban J connectivity index is 2.66. The molecule has 1 aliphatic rings. The first-order valence-corrected chi connectivity index (χ1v) is 4.37. The Labute approximate surface area is 77.1 Å². The molecule has 0 heterocycles.